The molecule has 0 saturated carbocycles. The number of hydrogen-bond donors (Lipinski definition) is 1. The maximum absolute atomic E-state index is 14.4. The van der Waals surface area contributed by atoms with Gasteiger partial charge in [0.25, 0.3) is 5.91 Å². The van der Waals surface area contributed by atoms with E-state index in [0.29, 0.717) is 19.5 Å². The zero-order valence-corrected chi connectivity index (χ0v) is 27.5. The van der Waals surface area contributed by atoms with Crippen LogP contribution in [0, 0.1) is 5.92 Å². The van der Waals surface area contributed by atoms with E-state index in [0.717, 1.165) is 28.3 Å². The molecule has 8 nitrogen and oxygen atoms in total. The number of fused-ring (bicyclic) bond motifs is 2. The number of aliphatic hydroxyl groups excluding tert-OH is 1. The molecule has 2 aliphatic heterocycles. The van der Waals surface area contributed by atoms with Crippen LogP contribution < -0.4 is 14.8 Å². The molecule has 1 aromatic heterocycles. The molecule has 5 atom stereocenters. The summed E-state index contributed by atoms with van der Waals surface area (Å²) in [5.74, 6) is 0.493. The summed E-state index contributed by atoms with van der Waals surface area (Å²) in [6.45, 7) is 11.8. The van der Waals surface area contributed by atoms with Gasteiger partial charge >= 0.3 is 0 Å². The Bertz CT molecular complexity index is 1660. The molecule has 0 aliphatic carbocycles. The summed E-state index contributed by atoms with van der Waals surface area (Å²) in [6, 6.07) is 26.3. The first-order chi connectivity index (χ1) is 21.8. The number of rotatable bonds is 11. The van der Waals surface area contributed by atoms with Crippen LogP contribution in [0.3, 0.4) is 0 Å². The smallest absolute Gasteiger partial charge is 0.264 e. The minimum Gasteiger partial charge on any atom is -0.497 e. The number of carbonyl (C=O) groups excluding carboxylic acids is 1. The third kappa shape index (κ3) is 5.22. The van der Waals surface area contributed by atoms with Gasteiger partial charge in [-0.2, -0.15) is 0 Å². The van der Waals surface area contributed by atoms with Gasteiger partial charge in [-0.3, -0.25) is 9.48 Å². The number of amides is 1. The van der Waals surface area contributed by atoms with Gasteiger partial charge in [-0.05, 0) is 35.7 Å². The molecule has 1 unspecified atom stereocenters. The number of methoxy groups -OCH3 is 1. The van der Waals surface area contributed by atoms with Gasteiger partial charge in [0.05, 0.1) is 45.2 Å². The zero-order valence-electron chi connectivity index (χ0n) is 26.5. The number of hydrogen-bond acceptors (Lipinski definition) is 6. The number of para-hydroxylation sites is 1. The van der Waals surface area contributed by atoms with Crippen molar-refractivity contribution < 1.29 is 19.4 Å². The second-order valence-electron chi connectivity index (χ2n) is 12.7. The van der Waals surface area contributed by atoms with Crippen molar-refractivity contribution in [3.63, 3.8) is 0 Å². The fourth-order valence-corrected chi connectivity index (χ4v) is 11.8. The molecule has 1 saturated heterocycles. The number of carbonyl (C=O) groups is 1. The lowest BCUT2D eigenvalue weighted by Crippen LogP contribution is -2.51. The Balaban J connectivity index is 1.35. The van der Waals surface area contributed by atoms with Crippen LogP contribution >= 0.6 is 0 Å². The number of aliphatic hydroxyl groups is 1. The molecule has 6 rings (SSSR count). The molecule has 0 bridgehead atoms. The Morgan fingerprint density at radius 2 is 1.80 bits per heavy atom. The quantitative estimate of drug-likeness (QED) is 0.182. The minimum absolute atomic E-state index is 0.0141. The highest BCUT2D eigenvalue weighted by atomic mass is 28.3. The fraction of sp³-hybridized carbons (Fsp3) is 0.361. The second kappa shape index (κ2) is 12.4. The van der Waals surface area contributed by atoms with E-state index in [1.54, 1.807) is 13.2 Å². The zero-order chi connectivity index (χ0) is 31.8. The van der Waals surface area contributed by atoms with E-state index in [4.69, 9.17) is 9.47 Å². The average Bonchev–Trinajstić information content (AvgIpc) is 3.72. The third-order valence-corrected chi connectivity index (χ3v) is 14.4. The molecule has 1 N–H and O–H groups in total. The molecule has 1 fully saturated rings. The fourth-order valence-electron chi connectivity index (χ4n) is 7.74. The van der Waals surface area contributed by atoms with Gasteiger partial charge in [0.1, 0.15) is 5.75 Å². The molecular formula is C36H42N4O4Si. The van der Waals surface area contributed by atoms with Crippen LogP contribution in [-0.2, 0) is 21.7 Å². The van der Waals surface area contributed by atoms with E-state index < -0.39 is 13.7 Å². The van der Waals surface area contributed by atoms with Crippen molar-refractivity contribution in [3.8, 4) is 5.75 Å². The molecule has 9 heteroatoms. The Labute approximate surface area is 266 Å². The van der Waals surface area contributed by atoms with Gasteiger partial charge in [0.15, 0.2) is 5.60 Å². The lowest BCUT2D eigenvalue weighted by molar-refractivity contribution is -0.145. The predicted octanol–water partition coefficient (Wildman–Crippen LogP) is 5.25. The molecule has 4 aromatic rings. The number of benzene rings is 3. The van der Waals surface area contributed by atoms with Gasteiger partial charge in [-0.25, -0.2) is 0 Å². The Kier molecular flexibility index (Phi) is 8.52. The monoisotopic (exact) mass is 622 g/mol. The topological polar surface area (TPSA) is 89.7 Å². The first-order valence-electron chi connectivity index (χ1n) is 15.7. The molecule has 234 valence electrons. The van der Waals surface area contributed by atoms with Gasteiger partial charge in [0.2, 0.25) is 0 Å². The van der Waals surface area contributed by atoms with Crippen molar-refractivity contribution in [2.75, 3.05) is 25.2 Å². The third-order valence-electron chi connectivity index (χ3n) is 10.00. The molecule has 3 heterocycles. The summed E-state index contributed by atoms with van der Waals surface area (Å²) in [5, 5.41) is 20.4. The lowest BCUT2D eigenvalue weighted by Gasteiger charge is -2.37. The van der Waals surface area contributed by atoms with Crippen molar-refractivity contribution in [2.24, 2.45) is 5.92 Å². The maximum Gasteiger partial charge on any atom is 0.264 e. The van der Waals surface area contributed by atoms with Crippen LogP contribution in [-0.4, -0.2) is 60.4 Å². The Morgan fingerprint density at radius 1 is 1.09 bits per heavy atom. The molecule has 1 amide bonds. The highest BCUT2D eigenvalue weighted by Gasteiger charge is 2.66. The standard InChI is InChI=1S/C36H42N4O4Si/c1-6-21-40-32-15-11-10-14-30(32)36(35(40)42)25(2)34(45(4,5)28-18-16-27(43-3)17-19-28)33(44-36)20-22-39-23-31(37-38-39)29(24-41)26-12-8-7-9-13-26/h6-19,23,25,29,33-34,41H,1,20-22,24H2,2-5H3/t25-,29?,33+,34-,36+/m1/s1. The normalized spacial score (nSPS) is 23.4. The summed E-state index contributed by atoms with van der Waals surface area (Å²) < 4.78 is 14.5. The van der Waals surface area contributed by atoms with Gasteiger partial charge in [0, 0.05) is 30.8 Å². The van der Waals surface area contributed by atoms with Crippen molar-refractivity contribution in [3.05, 3.63) is 115 Å². The molecule has 45 heavy (non-hydrogen) atoms. The van der Waals surface area contributed by atoms with Crippen LogP contribution in [0.2, 0.25) is 18.6 Å². The van der Waals surface area contributed by atoms with Gasteiger partial charge < -0.3 is 19.5 Å². The van der Waals surface area contributed by atoms with Crippen LogP contribution in [0.25, 0.3) is 0 Å². The largest absolute Gasteiger partial charge is 0.497 e. The van der Waals surface area contributed by atoms with Crippen molar-refractivity contribution in [2.45, 2.75) is 56.1 Å². The maximum atomic E-state index is 14.4. The molecule has 3 aromatic carbocycles. The summed E-state index contributed by atoms with van der Waals surface area (Å²) in [7, 11) is -0.563. The Morgan fingerprint density at radius 3 is 2.49 bits per heavy atom. The number of ether oxygens (including phenoxy) is 2. The minimum atomic E-state index is -2.24. The molecule has 2 aliphatic rings. The van der Waals surface area contributed by atoms with Crippen LogP contribution in [0.1, 0.15) is 36.1 Å². The SMILES string of the molecule is C=CCN1C(=O)[C@@]2(O[C@@H](CCn3cc(C(CO)c4ccccc4)nn3)[C@H]([Si](C)(C)c3ccc(OC)cc3)[C@H]2C)c2ccccc21. The number of aromatic nitrogens is 3. The van der Waals surface area contributed by atoms with Crippen LogP contribution in [0.15, 0.2) is 97.7 Å². The summed E-state index contributed by atoms with van der Waals surface area (Å²) in [4.78, 5) is 16.3. The van der Waals surface area contributed by atoms with E-state index in [2.05, 4.69) is 55.1 Å². The molecule has 0 radical (unpaired) electrons. The molecule has 1 spiro atoms. The van der Waals surface area contributed by atoms with E-state index >= 15 is 0 Å². The van der Waals surface area contributed by atoms with Gasteiger partial charge in [-0.15, -0.1) is 11.7 Å². The summed E-state index contributed by atoms with van der Waals surface area (Å²) in [6.07, 6.45) is 4.17. The van der Waals surface area contributed by atoms with Crippen molar-refractivity contribution in [1.82, 2.24) is 15.0 Å². The van der Waals surface area contributed by atoms with Crippen LogP contribution in [0.5, 0.6) is 5.75 Å². The van der Waals surface area contributed by atoms with Crippen LogP contribution in [0.4, 0.5) is 5.69 Å². The number of nitrogens with zero attached hydrogens (tertiary/aromatic N) is 4. The summed E-state index contributed by atoms with van der Waals surface area (Å²) in [5.41, 5.74) is 2.61. The second-order valence-corrected chi connectivity index (χ2v) is 17.4. The number of aryl methyl sites for hydroxylation is 1. The highest BCUT2D eigenvalue weighted by Crippen LogP contribution is 2.59. The lowest BCUT2D eigenvalue weighted by atomic mass is 9.82. The summed E-state index contributed by atoms with van der Waals surface area (Å²) >= 11 is 0. The van der Waals surface area contributed by atoms with Crippen molar-refractivity contribution in [1.29, 1.82) is 0 Å². The average molecular weight is 623 g/mol. The first-order valence-corrected chi connectivity index (χ1v) is 18.7. The van der Waals surface area contributed by atoms with Gasteiger partial charge in [-0.1, -0.05) is 97.2 Å². The van der Waals surface area contributed by atoms with E-state index in [9.17, 15) is 9.90 Å². The van der Waals surface area contributed by atoms with Crippen molar-refractivity contribution >= 4 is 24.9 Å². The first kappa shape index (κ1) is 31.0. The Hall–Kier alpha value is -4.05. The highest BCUT2D eigenvalue weighted by molar-refractivity contribution is 6.91. The predicted molar refractivity (Wildman–Crippen MR) is 179 cm³/mol. The van der Waals surface area contributed by atoms with E-state index in [-0.39, 0.29) is 36.0 Å². The number of anilines is 1. The van der Waals surface area contributed by atoms with E-state index in [1.165, 1.54) is 5.19 Å². The van der Waals surface area contributed by atoms with E-state index in [1.807, 2.05) is 76.4 Å². The molecular weight excluding hydrogens is 581 g/mol.